The van der Waals surface area contributed by atoms with E-state index in [9.17, 15) is 9.59 Å². The lowest BCUT2D eigenvalue weighted by Gasteiger charge is -2.17. The number of hydrogen-bond donors (Lipinski definition) is 1. The lowest BCUT2D eigenvalue weighted by Crippen LogP contribution is -2.28. The van der Waals surface area contributed by atoms with Crippen LogP contribution in [0.1, 0.15) is 12.0 Å². The van der Waals surface area contributed by atoms with Gasteiger partial charge in [-0.1, -0.05) is 24.3 Å². The highest BCUT2D eigenvalue weighted by Gasteiger charge is 2.33. The van der Waals surface area contributed by atoms with Crippen LogP contribution in [0.5, 0.6) is 0 Å². The molecule has 2 aromatic rings. The van der Waals surface area contributed by atoms with Crippen molar-refractivity contribution in [2.45, 2.75) is 13.0 Å². The van der Waals surface area contributed by atoms with Crippen molar-refractivity contribution in [2.75, 3.05) is 6.54 Å². The minimum absolute atomic E-state index is 0.0262. The standard InChI is InChI=1S/C15H15N3O2/c16-15(20)12-7-13(19)18(9-12)8-11-4-1-3-10-5-2-6-17-14(10)11/h1-6,12H,7-9H2,(H2,16,20). The number of nitrogens with two attached hydrogens (primary N) is 1. The van der Waals surface area contributed by atoms with E-state index in [0.717, 1.165) is 16.5 Å². The van der Waals surface area contributed by atoms with Crippen LogP contribution in [0.4, 0.5) is 0 Å². The zero-order valence-electron chi connectivity index (χ0n) is 11.0. The van der Waals surface area contributed by atoms with Gasteiger partial charge in [0.2, 0.25) is 11.8 Å². The summed E-state index contributed by atoms with van der Waals surface area (Å²) in [5, 5.41) is 1.04. The summed E-state index contributed by atoms with van der Waals surface area (Å²) in [6.45, 7) is 0.869. The SMILES string of the molecule is NC(=O)C1CC(=O)N(Cc2cccc3cccnc23)C1. The van der Waals surface area contributed by atoms with Crippen molar-refractivity contribution in [3.63, 3.8) is 0 Å². The molecule has 1 fully saturated rings. The van der Waals surface area contributed by atoms with Gasteiger partial charge in [0, 0.05) is 31.1 Å². The Morgan fingerprint density at radius 3 is 2.90 bits per heavy atom. The maximum atomic E-state index is 11.9. The number of aromatic nitrogens is 1. The number of carbonyl (C=O) groups excluding carboxylic acids is 2. The molecular formula is C15H15N3O2. The van der Waals surface area contributed by atoms with Gasteiger partial charge in [0.25, 0.3) is 0 Å². The minimum Gasteiger partial charge on any atom is -0.369 e. The molecule has 5 heteroatoms. The number of rotatable bonds is 3. The molecule has 1 atom stereocenters. The van der Waals surface area contributed by atoms with Crippen molar-refractivity contribution in [1.29, 1.82) is 0 Å². The molecule has 1 saturated heterocycles. The van der Waals surface area contributed by atoms with E-state index in [1.54, 1.807) is 11.1 Å². The number of amides is 2. The molecule has 5 nitrogen and oxygen atoms in total. The van der Waals surface area contributed by atoms with Gasteiger partial charge in [0.1, 0.15) is 0 Å². The first-order valence-electron chi connectivity index (χ1n) is 6.55. The van der Waals surface area contributed by atoms with Crippen molar-refractivity contribution in [3.8, 4) is 0 Å². The predicted octanol–water partition coefficient (Wildman–Crippen LogP) is 1.07. The summed E-state index contributed by atoms with van der Waals surface area (Å²) in [7, 11) is 0. The lowest BCUT2D eigenvalue weighted by molar-refractivity contribution is -0.128. The van der Waals surface area contributed by atoms with Gasteiger partial charge in [-0.2, -0.15) is 0 Å². The van der Waals surface area contributed by atoms with Crippen LogP contribution in [0, 0.1) is 5.92 Å². The van der Waals surface area contributed by atoms with Crippen molar-refractivity contribution in [1.82, 2.24) is 9.88 Å². The van der Waals surface area contributed by atoms with Gasteiger partial charge in [-0.25, -0.2) is 0 Å². The van der Waals surface area contributed by atoms with Crippen LogP contribution in [-0.2, 0) is 16.1 Å². The minimum atomic E-state index is -0.406. The number of benzene rings is 1. The Morgan fingerprint density at radius 2 is 2.15 bits per heavy atom. The van der Waals surface area contributed by atoms with E-state index >= 15 is 0 Å². The molecule has 1 unspecified atom stereocenters. The Kier molecular flexibility index (Phi) is 3.10. The van der Waals surface area contributed by atoms with Crippen LogP contribution in [0.2, 0.25) is 0 Å². The smallest absolute Gasteiger partial charge is 0.223 e. The molecule has 1 aromatic carbocycles. The highest BCUT2D eigenvalue weighted by atomic mass is 16.2. The fourth-order valence-corrected chi connectivity index (χ4v) is 2.62. The lowest BCUT2D eigenvalue weighted by atomic mass is 10.1. The molecule has 2 N–H and O–H groups in total. The molecule has 20 heavy (non-hydrogen) atoms. The normalized spacial score (nSPS) is 18.7. The number of fused-ring (bicyclic) bond motifs is 1. The van der Waals surface area contributed by atoms with Gasteiger partial charge < -0.3 is 10.6 Å². The van der Waals surface area contributed by atoms with E-state index < -0.39 is 5.91 Å². The molecule has 0 aliphatic carbocycles. The average molecular weight is 269 g/mol. The monoisotopic (exact) mass is 269 g/mol. The van der Waals surface area contributed by atoms with Crippen LogP contribution in [0.25, 0.3) is 10.9 Å². The van der Waals surface area contributed by atoms with Gasteiger partial charge >= 0.3 is 0 Å². The van der Waals surface area contributed by atoms with E-state index in [1.807, 2.05) is 30.3 Å². The van der Waals surface area contributed by atoms with Gasteiger partial charge in [0.15, 0.2) is 0 Å². The molecule has 1 aliphatic heterocycles. The quantitative estimate of drug-likeness (QED) is 0.905. The van der Waals surface area contributed by atoms with Crippen LogP contribution < -0.4 is 5.73 Å². The highest BCUT2D eigenvalue weighted by molar-refractivity contribution is 5.89. The summed E-state index contributed by atoms with van der Waals surface area (Å²) in [5.74, 6) is -0.802. The molecule has 1 aromatic heterocycles. The summed E-state index contributed by atoms with van der Waals surface area (Å²) in [6, 6.07) is 9.77. The maximum absolute atomic E-state index is 11.9. The van der Waals surface area contributed by atoms with E-state index in [0.29, 0.717) is 13.1 Å². The fraction of sp³-hybridized carbons (Fsp3) is 0.267. The summed E-state index contributed by atoms with van der Waals surface area (Å²) in [4.78, 5) is 29.2. The molecular weight excluding hydrogens is 254 g/mol. The third kappa shape index (κ3) is 2.22. The predicted molar refractivity (Wildman–Crippen MR) is 74.5 cm³/mol. The first-order valence-corrected chi connectivity index (χ1v) is 6.55. The van der Waals surface area contributed by atoms with Crippen molar-refractivity contribution in [3.05, 3.63) is 42.1 Å². The first-order chi connectivity index (χ1) is 9.65. The number of hydrogen-bond acceptors (Lipinski definition) is 3. The molecule has 0 saturated carbocycles. The number of primary amides is 1. The summed E-state index contributed by atoms with van der Waals surface area (Å²) in [5.41, 5.74) is 7.16. The second-order valence-corrected chi connectivity index (χ2v) is 5.07. The molecule has 1 aliphatic rings. The van der Waals surface area contributed by atoms with Crippen LogP contribution in [-0.4, -0.2) is 28.2 Å². The highest BCUT2D eigenvalue weighted by Crippen LogP contribution is 2.23. The summed E-state index contributed by atoms with van der Waals surface area (Å²) < 4.78 is 0. The van der Waals surface area contributed by atoms with E-state index in [4.69, 9.17) is 5.73 Å². The van der Waals surface area contributed by atoms with Crippen molar-refractivity contribution < 1.29 is 9.59 Å². The number of carbonyl (C=O) groups is 2. The third-order valence-corrected chi connectivity index (χ3v) is 3.69. The van der Waals surface area contributed by atoms with Crippen LogP contribution >= 0.6 is 0 Å². The molecule has 3 rings (SSSR count). The van der Waals surface area contributed by atoms with E-state index in [2.05, 4.69) is 4.98 Å². The topological polar surface area (TPSA) is 76.3 Å². The van der Waals surface area contributed by atoms with Gasteiger partial charge in [-0.15, -0.1) is 0 Å². The van der Waals surface area contributed by atoms with E-state index in [1.165, 1.54) is 0 Å². The molecule has 102 valence electrons. The number of likely N-dealkylation sites (tertiary alicyclic amines) is 1. The summed E-state index contributed by atoms with van der Waals surface area (Å²) >= 11 is 0. The number of nitrogens with zero attached hydrogens (tertiary/aromatic N) is 2. The van der Waals surface area contributed by atoms with Crippen molar-refractivity contribution in [2.24, 2.45) is 11.7 Å². The van der Waals surface area contributed by atoms with Crippen LogP contribution in [0.3, 0.4) is 0 Å². The summed E-state index contributed by atoms with van der Waals surface area (Å²) in [6.07, 6.45) is 1.96. The average Bonchev–Trinajstić information content (AvgIpc) is 2.81. The zero-order valence-corrected chi connectivity index (χ0v) is 11.0. The zero-order chi connectivity index (χ0) is 14.1. The molecule has 0 radical (unpaired) electrons. The first kappa shape index (κ1) is 12.6. The van der Waals surface area contributed by atoms with Gasteiger partial charge in [-0.3, -0.25) is 14.6 Å². The molecule has 0 spiro atoms. The largest absolute Gasteiger partial charge is 0.369 e. The Bertz CT molecular complexity index is 678. The molecule has 2 amide bonds. The third-order valence-electron chi connectivity index (χ3n) is 3.69. The van der Waals surface area contributed by atoms with Crippen molar-refractivity contribution >= 4 is 22.7 Å². The van der Waals surface area contributed by atoms with Crippen LogP contribution in [0.15, 0.2) is 36.5 Å². The molecule has 0 bridgehead atoms. The Morgan fingerprint density at radius 1 is 1.35 bits per heavy atom. The fourth-order valence-electron chi connectivity index (χ4n) is 2.62. The van der Waals surface area contributed by atoms with E-state index in [-0.39, 0.29) is 18.2 Å². The Balaban J connectivity index is 1.87. The number of pyridine rings is 1. The Hall–Kier alpha value is -2.43. The second-order valence-electron chi connectivity index (χ2n) is 5.07. The number of para-hydroxylation sites is 1. The maximum Gasteiger partial charge on any atom is 0.223 e. The van der Waals surface area contributed by atoms with Gasteiger partial charge in [-0.05, 0) is 11.6 Å². The second kappa shape index (κ2) is 4.92. The molecule has 2 heterocycles. The Labute approximate surface area is 116 Å². The van der Waals surface area contributed by atoms with Gasteiger partial charge in [0.05, 0.1) is 11.4 Å².